The number of anilines is 1. The lowest BCUT2D eigenvalue weighted by atomic mass is 9.95. The van der Waals surface area contributed by atoms with E-state index in [0.29, 0.717) is 16.8 Å². The number of benzene rings is 3. The Morgan fingerprint density at radius 3 is 2.39 bits per heavy atom. The quantitative estimate of drug-likeness (QED) is 0.250. The summed E-state index contributed by atoms with van der Waals surface area (Å²) in [5.74, 6) is -2.23. The Kier molecular flexibility index (Phi) is 5.05. The zero-order valence-electron chi connectivity index (χ0n) is 17.9. The minimum absolute atomic E-state index is 0.0315. The van der Waals surface area contributed by atoms with Crippen molar-refractivity contribution in [1.82, 2.24) is 4.98 Å². The maximum Gasteiger partial charge on any atom is 0.300 e. The van der Waals surface area contributed by atoms with E-state index in [1.807, 2.05) is 43.3 Å². The summed E-state index contributed by atoms with van der Waals surface area (Å²) in [6.07, 6.45) is 2.45. The van der Waals surface area contributed by atoms with Crippen LogP contribution in [0.5, 0.6) is 0 Å². The second-order valence-electron chi connectivity index (χ2n) is 7.99. The SMILES string of the molecule is CCc1ccc(N2C(=O)C(=O)/C(=C(\O)c3c[nH]c4ccccc34)C2c2ccc(F)cc2)cc1. The van der Waals surface area contributed by atoms with Crippen molar-refractivity contribution in [3.63, 3.8) is 0 Å². The highest BCUT2D eigenvalue weighted by Crippen LogP contribution is 2.43. The number of para-hydroxylation sites is 1. The number of H-pyrrole nitrogens is 1. The fraction of sp³-hybridized carbons (Fsp3) is 0.111. The van der Waals surface area contributed by atoms with Crippen molar-refractivity contribution in [3.05, 3.63) is 107 Å². The van der Waals surface area contributed by atoms with E-state index >= 15 is 0 Å². The van der Waals surface area contributed by atoms with Gasteiger partial charge in [-0.15, -0.1) is 0 Å². The van der Waals surface area contributed by atoms with Gasteiger partial charge in [-0.3, -0.25) is 14.5 Å². The summed E-state index contributed by atoms with van der Waals surface area (Å²) in [5.41, 5.74) is 3.33. The first kappa shape index (κ1) is 20.7. The zero-order valence-corrected chi connectivity index (χ0v) is 17.9. The number of halogens is 1. The highest BCUT2D eigenvalue weighted by atomic mass is 19.1. The number of aryl methyl sites for hydroxylation is 1. The Hall–Kier alpha value is -4.19. The molecule has 5 nitrogen and oxygen atoms in total. The van der Waals surface area contributed by atoms with E-state index in [1.165, 1.54) is 29.2 Å². The van der Waals surface area contributed by atoms with Gasteiger partial charge in [-0.2, -0.15) is 0 Å². The molecule has 6 heteroatoms. The molecule has 3 aromatic carbocycles. The molecule has 1 aromatic heterocycles. The smallest absolute Gasteiger partial charge is 0.300 e. The monoisotopic (exact) mass is 440 g/mol. The molecule has 2 N–H and O–H groups in total. The van der Waals surface area contributed by atoms with Crippen molar-refractivity contribution in [2.75, 3.05) is 4.90 Å². The minimum Gasteiger partial charge on any atom is -0.507 e. The first-order valence-electron chi connectivity index (χ1n) is 10.7. The molecule has 0 saturated carbocycles. The number of fused-ring (bicyclic) bond motifs is 1. The number of aliphatic hydroxyl groups excluding tert-OH is 1. The number of nitrogens with zero attached hydrogens (tertiary/aromatic N) is 1. The second kappa shape index (κ2) is 8.06. The van der Waals surface area contributed by atoms with Crippen LogP contribution in [-0.2, 0) is 16.0 Å². The van der Waals surface area contributed by atoms with Crippen LogP contribution in [0, 0.1) is 5.82 Å². The number of nitrogens with one attached hydrogen (secondary N) is 1. The van der Waals surface area contributed by atoms with Crippen LogP contribution in [0.4, 0.5) is 10.1 Å². The molecular formula is C27H21FN2O3. The number of amides is 1. The molecule has 5 rings (SSSR count). The molecule has 0 radical (unpaired) electrons. The predicted octanol–water partition coefficient (Wildman–Crippen LogP) is 5.50. The van der Waals surface area contributed by atoms with Crippen LogP contribution in [-0.4, -0.2) is 21.8 Å². The van der Waals surface area contributed by atoms with E-state index < -0.39 is 23.5 Å². The molecule has 1 fully saturated rings. The van der Waals surface area contributed by atoms with Crippen molar-refractivity contribution < 1.29 is 19.1 Å². The van der Waals surface area contributed by atoms with E-state index in [1.54, 1.807) is 18.3 Å². The topological polar surface area (TPSA) is 73.4 Å². The van der Waals surface area contributed by atoms with E-state index in [-0.39, 0.29) is 11.3 Å². The molecule has 4 aromatic rings. The normalized spacial score (nSPS) is 17.8. The summed E-state index contributed by atoms with van der Waals surface area (Å²) >= 11 is 0. The van der Waals surface area contributed by atoms with Gasteiger partial charge in [0.25, 0.3) is 11.7 Å². The largest absolute Gasteiger partial charge is 0.507 e. The van der Waals surface area contributed by atoms with Gasteiger partial charge in [-0.25, -0.2) is 4.39 Å². The van der Waals surface area contributed by atoms with Crippen LogP contribution < -0.4 is 4.90 Å². The number of carbonyl (C=O) groups is 2. The van der Waals surface area contributed by atoms with Crippen LogP contribution in [0.1, 0.15) is 29.7 Å². The first-order chi connectivity index (χ1) is 16.0. The van der Waals surface area contributed by atoms with E-state index in [2.05, 4.69) is 4.98 Å². The van der Waals surface area contributed by atoms with Gasteiger partial charge in [0.2, 0.25) is 0 Å². The van der Waals surface area contributed by atoms with Crippen LogP contribution in [0.15, 0.2) is 84.6 Å². The number of hydrogen-bond acceptors (Lipinski definition) is 3. The maximum atomic E-state index is 13.7. The minimum atomic E-state index is -0.897. The van der Waals surface area contributed by atoms with E-state index in [0.717, 1.165) is 22.9 Å². The van der Waals surface area contributed by atoms with Gasteiger partial charge in [0.15, 0.2) is 0 Å². The molecule has 1 aliphatic heterocycles. The second-order valence-corrected chi connectivity index (χ2v) is 7.99. The molecule has 1 amide bonds. The summed E-state index contributed by atoms with van der Waals surface area (Å²) in [6, 6.07) is 19.5. The van der Waals surface area contributed by atoms with Crippen LogP contribution in [0.3, 0.4) is 0 Å². The fourth-order valence-corrected chi connectivity index (χ4v) is 4.36. The highest BCUT2D eigenvalue weighted by molar-refractivity contribution is 6.51. The van der Waals surface area contributed by atoms with Gasteiger partial charge in [0.1, 0.15) is 11.6 Å². The van der Waals surface area contributed by atoms with Gasteiger partial charge < -0.3 is 10.1 Å². The van der Waals surface area contributed by atoms with Gasteiger partial charge >= 0.3 is 0 Å². The molecule has 1 saturated heterocycles. The number of ketones is 1. The third-order valence-corrected chi connectivity index (χ3v) is 6.10. The summed E-state index contributed by atoms with van der Waals surface area (Å²) in [5, 5.41) is 12.0. The Labute approximate surface area is 189 Å². The van der Waals surface area contributed by atoms with Crippen LogP contribution >= 0.6 is 0 Å². The molecule has 0 spiro atoms. The Morgan fingerprint density at radius 2 is 1.70 bits per heavy atom. The number of aromatic amines is 1. The number of aromatic nitrogens is 1. The lowest BCUT2D eigenvalue weighted by molar-refractivity contribution is -0.132. The van der Waals surface area contributed by atoms with Gasteiger partial charge in [-0.1, -0.05) is 49.4 Å². The highest BCUT2D eigenvalue weighted by Gasteiger charge is 2.47. The fourth-order valence-electron chi connectivity index (χ4n) is 4.36. The predicted molar refractivity (Wildman–Crippen MR) is 125 cm³/mol. The molecule has 0 aliphatic carbocycles. The first-order valence-corrected chi connectivity index (χ1v) is 10.7. The number of aliphatic hydroxyl groups is 1. The summed E-state index contributed by atoms with van der Waals surface area (Å²) in [6.45, 7) is 2.03. The standard InChI is InChI=1S/C27H21FN2O3/c1-2-16-7-13-19(14-8-16)30-24(17-9-11-18(28)12-10-17)23(26(32)27(30)33)25(31)21-15-29-22-6-4-3-5-20(21)22/h3-15,24,29,31H,2H2,1H3/b25-23-. The average molecular weight is 440 g/mol. The third kappa shape index (κ3) is 3.40. The molecule has 1 unspecified atom stereocenters. The summed E-state index contributed by atoms with van der Waals surface area (Å²) < 4.78 is 13.7. The average Bonchev–Trinajstić information content (AvgIpc) is 3.38. The number of Topliss-reactive ketones (excluding diaryl/α,β-unsaturated/α-hetero) is 1. The van der Waals surface area contributed by atoms with E-state index in [4.69, 9.17) is 0 Å². The van der Waals surface area contributed by atoms with Gasteiger partial charge in [0.05, 0.1) is 11.6 Å². The Bertz CT molecular complexity index is 1400. The lowest BCUT2D eigenvalue weighted by Gasteiger charge is -2.25. The molecular weight excluding hydrogens is 419 g/mol. The summed E-state index contributed by atoms with van der Waals surface area (Å²) in [7, 11) is 0. The van der Waals surface area contributed by atoms with Crippen molar-refractivity contribution in [1.29, 1.82) is 0 Å². The van der Waals surface area contributed by atoms with Crippen LogP contribution in [0.2, 0.25) is 0 Å². The van der Waals surface area contributed by atoms with E-state index in [9.17, 15) is 19.1 Å². The lowest BCUT2D eigenvalue weighted by Crippen LogP contribution is -2.29. The molecule has 33 heavy (non-hydrogen) atoms. The van der Waals surface area contributed by atoms with Gasteiger partial charge in [0, 0.05) is 28.4 Å². The number of hydrogen-bond donors (Lipinski definition) is 2. The van der Waals surface area contributed by atoms with Crippen molar-refractivity contribution >= 4 is 34.0 Å². The van der Waals surface area contributed by atoms with Crippen molar-refractivity contribution in [2.45, 2.75) is 19.4 Å². The van der Waals surface area contributed by atoms with Crippen LogP contribution in [0.25, 0.3) is 16.7 Å². The molecule has 0 bridgehead atoms. The molecule has 2 heterocycles. The molecule has 1 aliphatic rings. The molecule has 1 atom stereocenters. The molecule has 164 valence electrons. The Morgan fingerprint density at radius 1 is 1.00 bits per heavy atom. The van der Waals surface area contributed by atoms with Gasteiger partial charge in [-0.05, 0) is 47.9 Å². The number of carbonyl (C=O) groups excluding carboxylic acids is 2. The number of rotatable bonds is 4. The Balaban J connectivity index is 1.73. The van der Waals surface area contributed by atoms with Crippen molar-refractivity contribution in [2.24, 2.45) is 0 Å². The zero-order chi connectivity index (χ0) is 23.1. The summed E-state index contributed by atoms with van der Waals surface area (Å²) in [4.78, 5) is 30.9. The maximum absolute atomic E-state index is 13.7. The third-order valence-electron chi connectivity index (χ3n) is 6.10. The van der Waals surface area contributed by atoms with Crippen molar-refractivity contribution in [3.8, 4) is 0 Å².